The smallest absolute Gasteiger partial charge is 0.358 e. The lowest BCUT2D eigenvalue weighted by Crippen LogP contribution is -2.26. The maximum absolute atomic E-state index is 11.4. The van der Waals surface area contributed by atoms with E-state index in [1.165, 1.54) is 0 Å². The first-order valence-corrected chi connectivity index (χ1v) is 4.96. The first-order chi connectivity index (χ1) is 7.02. The third kappa shape index (κ3) is 1.82. The summed E-state index contributed by atoms with van der Waals surface area (Å²) < 4.78 is 12.1. The van der Waals surface area contributed by atoms with Crippen LogP contribution in [0.25, 0.3) is 0 Å². The number of aromatic nitrogens is 2. The minimum absolute atomic E-state index is 0.241. The van der Waals surface area contributed by atoms with E-state index in [9.17, 15) is 4.79 Å². The average Bonchev–Trinajstić information content (AvgIpc) is 2.57. The van der Waals surface area contributed by atoms with Crippen molar-refractivity contribution < 1.29 is 14.3 Å². The lowest BCUT2D eigenvalue weighted by atomic mass is 10.1. The second-order valence-corrected chi connectivity index (χ2v) is 4.11. The van der Waals surface area contributed by atoms with Crippen molar-refractivity contribution >= 4 is 5.97 Å². The number of carbonyl (C=O) groups excluding carboxylic acids is 1. The Morgan fingerprint density at radius 1 is 1.73 bits per heavy atom. The van der Waals surface area contributed by atoms with Crippen LogP contribution < -0.4 is 4.74 Å². The number of hydrogen-bond donors (Lipinski definition) is 0. The molecule has 0 atom stereocenters. The SMILES string of the molecule is CCOC(=O)c1cc2n(n1)CC(C)(C)O2. The number of fused-ring (bicyclic) bond motifs is 1. The zero-order valence-corrected chi connectivity index (χ0v) is 9.11. The predicted octanol–water partition coefficient (Wildman–Crippen LogP) is 1.23. The third-order valence-corrected chi connectivity index (χ3v) is 2.14. The fourth-order valence-electron chi connectivity index (χ4n) is 1.58. The second kappa shape index (κ2) is 3.25. The highest BCUT2D eigenvalue weighted by atomic mass is 16.5. The summed E-state index contributed by atoms with van der Waals surface area (Å²) in [5.41, 5.74) is 0.0672. The molecule has 5 heteroatoms. The second-order valence-electron chi connectivity index (χ2n) is 4.11. The zero-order valence-electron chi connectivity index (χ0n) is 9.11. The van der Waals surface area contributed by atoms with Crippen molar-refractivity contribution in [2.45, 2.75) is 32.9 Å². The molecule has 0 fully saturated rings. The van der Waals surface area contributed by atoms with E-state index in [1.54, 1.807) is 17.7 Å². The molecule has 1 aliphatic heterocycles. The Morgan fingerprint density at radius 3 is 3.07 bits per heavy atom. The molecular formula is C10H14N2O3. The Labute approximate surface area is 88.0 Å². The molecule has 0 N–H and O–H groups in total. The number of ether oxygens (including phenoxy) is 2. The van der Waals surface area contributed by atoms with Crippen molar-refractivity contribution in [2.24, 2.45) is 0 Å². The Bertz CT molecular complexity index is 370. The van der Waals surface area contributed by atoms with Gasteiger partial charge in [0, 0.05) is 6.07 Å². The largest absolute Gasteiger partial charge is 0.470 e. The van der Waals surface area contributed by atoms with Gasteiger partial charge < -0.3 is 9.47 Å². The Kier molecular flexibility index (Phi) is 2.17. The molecule has 0 amide bonds. The summed E-state index contributed by atoms with van der Waals surface area (Å²) in [7, 11) is 0. The number of carbonyl (C=O) groups is 1. The van der Waals surface area contributed by atoms with E-state index in [1.807, 2.05) is 13.8 Å². The number of rotatable bonds is 2. The normalized spacial score (nSPS) is 17.0. The molecule has 2 heterocycles. The van der Waals surface area contributed by atoms with Gasteiger partial charge >= 0.3 is 5.97 Å². The summed E-state index contributed by atoms with van der Waals surface area (Å²) in [6, 6.07) is 1.62. The van der Waals surface area contributed by atoms with Gasteiger partial charge in [-0.2, -0.15) is 5.10 Å². The van der Waals surface area contributed by atoms with Crippen LogP contribution in [0.4, 0.5) is 0 Å². The maximum atomic E-state index is 11.4. The number of hydrogen-bond acceptors (Lipinski definition) is 4. The van der Waals surface area contributed by atoms with Gasteiger partial charge in [-0.15, -0.1) is 0 Å². The van der Waals surface area contributed by atoms with Crippen molar-refractivity contribution in [2.75, 3.05) is 6.61 Å². The van der Waals surface area contributed by atoms with Crippen LogP contribution in [0.15, 0.2) is 6.07 Å². The molecule has 0 unspecified atom stereocenters. The van der Waals surface area contributed by atoms with Gasteiger partial charge in [0.2, 0.25) is 5.88 Å². The quantitative estimate of drug-likeness (QED) is 0.689. The van der Waals surface area contributed by atoms with Crippen molar-refractivity contribution in [3.05, 3.63) is 11.8 Å². The zero-order chi connectivity index (χ0) is 11.1. The summed E-state index contributed by atoms with van der Waals surface area (Å²) in [6.07, 6.45) is 0. The van der Waals surface area contributed by atoms with E-state index < -0.39 is 5.97 Å². The summed E-state index contributed by atoms with van der Waals surface area (Å²) in [4.78, 5) is 11.4. The lowest BCUT2D eigenvalue weighted by Gasteiger charge is -2.15. The topological polar surface area (TPSA) is 53.4 Å². The molecular weight excluding hydrogens is 196 g/mol. The molecule has 1 aliphatic rings. The van der Waals surface area contributed by atoms with Gasteiger partial charge in [-0.25, -0.2) is 9.48 Å². The van der Waals surface area contributed by atoms with Crippen LogP contribution in [-0.2, 0) is 11.3 Å². The molecule has 0 aromatic carbocycles. The monoisotopic (exact) mass is 210 g/mol. The molecule has 0 radical (unpaired) electrons. The van der Waals surface area contributed by atoms with E-state index in [-0.39, 0.29) is 5.60 Å². The van der Waals surface area contributed by atoms with Crippen molar-refractivity contribution in [1.29, 1.82) is 0 Å². The molecule has 5 nitrogen and oxygen atoms in total. The molecule has 1 aromatic heterocycles. The summed E-state index contributed by atoms with van der Waals surface area (Å²) in [6.45, 7) is 6.73. The molecule has 0 spiro atoms. The van der Waals surface area contributed by atoms with Crippen molar-refractivity contribution in [3.63, 3.8) is 0 Å². The first-order valence-electron chi connectivity index (χ1n) is 4.96. The minimum atomic E-state index is -0.402. The van der Waals surface area contributed by atoms with E-state index in [0.29, 0.717) is 24.7 Å². The molecule has 0 aliphatic carbocycles. The van der Waals surface area contributed by atoms with E-state index in [2.05, 4.69) is 5.10 Å². The molecule has 2 rings (SSSR count). The fraction of sp³-hybridized carbons (Fsp3) is 0.600. The molecule has 15 heavy (non-hydrogen) atoms. The third-order valence-electron chi connectivity index (χ3n) is 2.14. The van der Waals surface area contributed by atoms with Crippen LogP contribution in [0.5, 0.6) is 5.88 Å². The van der Waals surface area contributed by atoms with Gasteiger partial charge in [0.05, 0.1) is 13.2 Å². The van der Waals surface area contributed by atoms with Gasteiger partial charge in [0.25, 0.3) is 0 Å². The highest BCUT2D eigenvalue weighted by Gasteiger charge is 2.32. The van der Waals surface area contributed by atoms with Gasteiger partial charge in [0.1, 0.15) is 5.60 Å². The Hall–Kier alpha value is -1.52. The van der Waals surface area contributed by atoms with Crippen molar-refractivity contribution in [1.82, 2.24) is 9.78 Å². The maximum Gasteiger partial charge on any atom is 0.358 e. The average molecular weight is 210 g/mol. The van der Waals surface area contributed by atoms with Crippen LogP contribution in [0.2, 0.25) is 0 Å². The predicted molar refractivity (Wildman–Crippen MR) is 52.9 cm³/mol. The van der Waals surface area contributed by atoms with Crippen molar-refractivity contribution in [3.8, 4) is 5.88 Å². The summed E-state index contributed by atoms with van der Waals surface area (Å²) >= 11 is 0. The lowest BCUT2D eigenvalue weighted by molar-refractivity contribution is 0.0516. The Balaban J connectivity index is 2.18. The number of nitrogens with zero attached hydrogens (tertiary/aromatic N) is 2. The van der Waals surface area contributed by atoms with Crippen LogP contribution >= 0.6 is 0 Å². The highest BCUT2D eigenvalue weighted by molar-refractivity contribution is 5.87. The Morgan fingerprint density at radius 2 is 2.47 bits per heavy atom. The van der Waals surface area contributed by atoms with Crippen LogP contribution in [0.3, 0.4) is 0 Å². The summed E-state index contributed by atoms with van der Waals surface area (Å²) in [5.74, 6) is 0.226. The first kappa shape index (κ1) is 10.0. The van der Waals surface area contributed by atoms with Gasteiger partial charge in [-0.3, -0.25) is 0 Å². The van der Waals surface area contributed by atoms with E-state index in [0.717, 1.165) is 0 Å². The fourth-order valence-corrected chi connectivity index (χ4v) is 1.58. The van der Waals surface area contributed by atoms with E-state index >= 15 is 0 Å². The molecule has 1 aromatic rings. The standard InChI is InChI=1S/C10H14N2O3/c1-4-14-9(13)7-5-8-12(11-7)6-10(2,3)15-8/h5H,4,6H2,1-3H3. The van der Waals surface area contributed by atoms with E-state index in [4.69, 9.17) is 9.47 Å². The van der Waals surface area contributed by atoms with Crippen LogP contribution in [0.1, 0.15) is 31.3 Å². The molecule has 0 bridgehead atoms. The molecule has 0 saturated carbocycles. The molecule has 0 saturated heterocycles. The van der Waals surface area contributed by atoms with Gasteiger partial charge in [0.15, 0.2) is 5.69 Å². The minimum Gasteiger partial charge on any atom is -0.470 e. The number of esters is 1. The van der Waals surface area contributed by atoms with Gasteiger partial charge in [-0.1, -0.05) is 0 Å². The van der Waals surface area contributed by atoms with Crippen LogP contribution in [-0.4, -0.2) is 28.0 Å². The highest BCUT2D eigenvalue weighted by Crippen LogP contribution is 2.29. The van der Waals surface area contributed by atoms with Gasteiger partial charge in [-0.05, 0) is 20.8 Å². The van der Waals surface area contributed by atoms with Crippen LogP contribution in [0, 0.1) is 0 Å². The molecule has 82 valence electrons. The summed E-state index contributed by atoms with van der Waals surface area (Å²) in [5, 5.41) is 4.12.